The number of hydrogen-bond donors (Lipinski definition) is 0. The van der Waals surface area contributed by atoms with E-state index in [0.29, 0.717) is 13.1 Å². The molecule has 2 saturated heterocycles. The summed E-state index contributed by atoms with van der Waals surface area (Å²) in [6, 6.07) is 12.0. The molecular formula is C22H26N2O3S. The summed E-state index contributed by atoms with van der Waals surface area (Å²) in [5.74, 6) is 1.20. The number of carbonyl (C=O) groups is 2. The fraction of sp³-hybridized carbons (Fsp3) is 0.455. The topological polar surface area (TPSA) is 49.9 Å². The second-order valence-electron chi connectivity index (χ2n) is 7.51. The van der Waals surface area contributed by atoms with Gasteiger partial charge in [0.1, 0.15) is 5.75 Å². The summed E-state index contributed by atoms with van der Waals surface area (Å²) in [6.07, 6.45) is 3.55. The first-order chi connectivity index (χ1) is 13.7. The zero-order chi connectivity index (χ0) is 19.5. The molecule has 1 unspecified atom stereocenters. The van der Waals surface area contributed by atoms with Gasteiger partial charge in [-0.3, -0.25) is 9.59 Å². The fourth-order valence-electron chi connectivity index (χ4n) is 4.32. The number of amides is 2. The van der Waals surface area contributed by atoms with E-state index < -0.39 is 0 Å². The number of thiophene rings is 1. The van der Waals surface area contributed by atoms with E-state index in [-0.39, 0.29) is 23.8 Å². The second kappa shape index (κ2) is 8.35. The van der Waals surface area contributed by atoms with Crippen LogP contribution in [0.4, 0.5) is 0 Å². The fourth-order valence-corrected chi connectivity index (χ4v) is 5.01. The quantitative estimate of drug-likeness (QED) is 0.783. The van der Waals surface area contributed by atoms with Gasteiger partial charge in [-0.2, -0.15) is 0 Å². The van der Waals surface area contributed by atoms with Gasteiger partial charge in [0.2, 0.25) is 5.91 Å². The maximum atomic E-state index is 13.2. The zero-order valence-electron chi connectivity index (χ0n) is 16.2. The number of nitrogens with zero attached hydrogens (tertiary/aromatic N) is 2. The number of hydrogen-bond acceptors (Lipinski definition) is 4. The van der Waals surface area contributed by atoms with Gasteiger partial charge in [-0.15, -0.1) is 11.3 Å². The van der Waals surface area contributed by atoms with E-state index in [1.54, 1.807) is 7.11 Å². The molecule has 2 aromatic rings. The van der Waals surface area contributed by atoms with Crippen molar-refractivity contribution < 1.29 is 14.3 Å². The molecule has 0 saturated carbocycles. The van der Waals surface area contributed by atoms with Crippen LogP contribution in [0.25, 0.3) is 0 Å². The summed E-state index contributed by atoms with van der Waals surface area (Å²) in [6.45, 7) is 2.15. The lowest BCUT2D eigenvalue weighted by Crippen LogP contribution is -2.44. The maximum absolute atomic E-state index is 13.2. The normalized spacial score (nSPS) is 20.4. The average molecular weight is 399 g/mol. The third-order valence-corrected chi connectivity index (χ3v) is 6.76. The molecule has 5 nitrogen and oxygen atoms in total. The van der Waals surface area contributed by atoms with Crippen LogP contribution in [0, 0.1) is 5.92 Å². The lowest BCUT2D eigenvalue weighted by Gasteiger charge is -2.35. The predicted molar refractivity (Wildman–Crippen MR) is 110 cm³/mol. The summed E-state index contributed by atoms with van der Waals surface area (Å²) >= 11 is 1.48. The van der Waals surface area contributed by atoms with E-state index in [2.05, 4.69) is 17.0 Å². The van der Waals surface area contributed by atoms with Crippen molar-refractivity contribution in [1.29, 1.82) is 0 Å². The SMILES string of the molecule is COc1ccc(C2CCCN2C(=O)C2CCN(C(=O)c3cccs3)CC2)cc1. The van der Waals surface area contributed by atoms with Gasteiger partial charge >= 0.3 is 0 Å². The summed E-state index contributed by atoms with van der Waals surface area (Å²) in [5, 5.41) is 1.93. The van der Waals surface area contributed by atoms with Crippen LogP contribution in [0.5, 0.6) is 5.75 Å². The van der Waals surface area contributed by atoms with Crippen LogP contribution in [-0.2, 0) is 4.79 Å². The molecule has 28 heavy (non-hydrogen) atoms. The first kappa shape index (κ1) is 19.0. The molecule has 1 aromatic heterocycles. The van der Waals surface area contributed by atoms with Crippen LogP contribution in [0.15, 0.2) is 41.8 Å². The van der Waals surface area contributed by atoms with Gasteiger partial charge in [0, 0.05) is 25.6 Å². The van der Waals surface area contributed by atoms with Crippen molar-refractivity contribution in [1.82, 2.24) is 9.80 Å². The van der Waals surface area contributed by atoms with Gasteiger partial charge in [0.15, 0.2) is 0 Å². The molecule has 4 rings (SSSR count). The van der Waals surface area contributed by atoms with Gasteiger partial charge in [0.05, 0.1) is 18.0 Å². The van der Waals surface area contributed by atoms with Crippen LogP contribution < -0.4 is 4.74 Å². The minimum atomic E-state index is 0.0197. The van der Waals surface area contributed by atoms with E-state index in [0.717, 1.165) is 42.9 Å². The van der Waals surface area contributed by atoms with Gasteiger partial charge in [-0.25, -0.2) is 0 Å². The van der Waals surface area contributed by atoms with Crippen LogP contribution in [0.3, 0.4) is 0 Å². The third kappa shape index (κ3) is 3.78. The van der Waals surface area contributed by atoms with E-state index in [1.807, 2.05) is 34.5 Å². The lowest BCUT2D eigenvalue weighted by atomic mass is 9.94. The Morgan fingerprint density at radius 1 is 1.04 bits per heavy atom. The summed E-state index contributed by atoms with van der Waals surface area (Å²) < 4.78 is 5.25. The Hall–Kier alpha value is -2.34. The van der Waals surface area contributed by atoms with E-state index >= 15 is 0 Å². The number of ether oxygens (including phenoxy) is 1. The maximum Gasteiger partial charge on any atom is 0.263 e. The molecule has 2 fully saturated rings. The lowest BCUT2D eigenvalue weighted by molar-refractivity contribution is -0.137. The molecule has 2 aliphatic rings. The average Bonchev–Trinajstić information content (AvgIpc) is 3.45. The van der Waals surface area contributed by atoms with Gasteiger partial charge in [-0.05, 0) is 54.8 Å². The van der Waals surface area contributed by atoms with E-state index in [1.165, 1.54) is 16.9 Å². The monoisotopic (exact) mass is 398 g/mol. The van der Waals surface area contributed by atoms with Crippen molar-refractivity contribution in [2.75, 3.05) is 26.7 Å². The van der Waals surface area contributed by atoms with E-state index in [4.69, 9.17) is 4.74 Å². The molecule has 6 heteroatoms. The Kier molecular flexibility index (Phi) is 5.67. The molecule has 0 aliphatic carbocycles. The Morgan fingerprint density at radius 2 is 1.79 bits per heavy atom. The molecule has 0 bridgehead atoms. The van der Waals surface area contributed by atoms with Gasteiger partial charge < -0.3 is 14.5 Å². The number of piperidine rings is 1. The molecule has 0 N–H and O–H groups in total. The number of methoxy groups -OCH3 is 1. The van der Waals surface area contributed by atoms with Crippen LogP contribution in [0.2, 0.25) is 0 Å². The number of benzene rings is 1. The molecule has 3 heterocycles. The molecule has 1 aromatic carbocycles. The minimum Gasteiger partial charge on any atom is -0.497 e. The second-order valence-corrected chi connectivity index (χ2v) is 8.45. The molecular weight excluding hydrogens is 372 g/mol. The first-order valence-corrected chi connectivity index (χ1v) is 10.8. The van der Waals surface area contributed by atoms with Crippen molar-refractivity contribution in [3.05, 3.63) is 52.2 Å². The largest absolute Gasteiger partial charge is 0.497 e. The van der Waals surface area contributed by atoms with Crippen molar-refractivity contribution in [2.24, 2.45) is 5.92 Å². The van der Waals surface area contributed by atoms with Crippen LogP contribution in [-0.4, -0.2) is 48.4 Å². The molecule has 2 amide bonds. The van der Waals surface area contributed by atoms with Crippen LogP contribution in [0.1, 0.15) is 47.0 Å². The third-order valence-electron chi connectivity index (χ3n) is 5.90. The summed E-state index contributed by atoms with van der Waals surface area (Å²) in [4.78, 5) is 30.5. The molecule has 2 aliphatic heterocycles. The first-order valence-electron chi connectivity index (χ1n) is 9.94. The smallest absolute Gasteiger partial charge is 0.263 e. The number of rotatable bonds is 4. The van der Waals surface area contributed by atoms with Gasteiger partial charge in [-0.1, -0.05) is 18.2 Å². The predicted octanol–water partition coefficient (Wildman–Crippen LogP) is 3.97. The van der Waals surface area contributed by atoms with Crippen LogP contribution >= 0.6 is 11.3 Å². The molecule has 1 atom stereocenters. The molecule has 148 valence electrons. The van der Waals surface area contributed by atoms with Crippen molar-refractivity contribution >= 4 is 23.2 Å². The van der Waals surface area contributed by atoms with Crippen molar-refractivity contribution in [2.45, 2.75) is 31.7 Å². The highest BCUT2D eigenvalue weighted by molar-refractivity contribution is 7.12. The number of likely N-dealkylation sites (tertiary alicyclic amines) is 2. The molecule has 0 spiro atoms. The Labute approximate surface area is 169 Å². The highest BCUT2D eigenvalue weighted by atomic mass is 32.1. The minimum absolute atomic E-state index is 0.0197. The molecule has 0 radical (unpaired) electrons. The highest BCUT2D eigenvalue weighted by Crippen LogP contribution is 2.35. The number of carbonyl (C=O) groups excluding carboxylic acids is 2. The highest BCUT2D eigenvalue weighted by Gasteiger charge is 2.36. The Bertz CT molecular complexity index is 811. The Morgan fingerprint density at radius 3 is 2.43 bits per heavy atom. The van der Waals surface area contributed by atoms with Crippen molar-refractivity contribution in [3.63, 3.8) is 0 Å². The zero-order valence-corrected chi connectivity index (χ0v) is 17.0. The standard InChI is InChI=1S/C22H26N2O3S/c1-27-18-8-6-16(7-9-18)19-4-2-12-24(19)21(25)17-10-13-23(14-11-17)22(26)20-5-3-15-28-20/h3,5-9,15,17,19H,2,4,10-14H2,1H3. The van der Waals surface area contributed by atoms with E-state index in [9.17, 15) is 9.59 Å². The summed E-state index contributed by atoms with van der Waals surface area (Å²) in [5.41, 5.74) is 1.18. The summed E-state index contributed by atoms with van der Waals surface area (Å²) in [7, 11) is 1.66. The van der Waals surface area contributed by atoms with Gasteiger partial charge in [0.25, 0.3) is 5.91 Å². The van der Waals surface area contributed by atoms with Crippen molar-refractivity contribution in [3.8, 4) is 5.75 Å². The Balaban J connectivity index is 1.38.